The van der Waals surface area contributed by atoms with Crippen LogP contribution in [0.3, 0.4) is 0 Å². The van der Waals surface area contributed by atoms with Gasteiger partial charge >= 0.3 is 0 Å². The zero-order valence-electron chi connectivity index (χ0n) is 42.5. The Bertz CT molecular complexity index is 1070. The Labute approximate surface area is 400 Å². The minimum absolute atomic E-state index is 0.173. The number of hydrogen-bond acceptors (Lipinski definition) is 8. The summed E-state index contributed by atoms with van der Waals surface area (Å²) in [5.74, 6) is -0.173. The minimum atomic E-state index is -1.56. The normalized spacial score (nSPS) is 20.0. The lowest BCUT2D eigenvalue weighted by Crippen LogP contribution is -2.60. The fourth-order valence-corrected chi connectivity index (χ4v) is 9.04. The molecule has 1 amide bonds. The lowest BCUT2D eigenvalue weighted by molar-refractivity contribution is -0.302. The SMILES string of the molecule is CCCCCCCCCC/C=C\CCCCCCCCCCCCCCCC(=O)NC(COC1OC(CO)C(O)C(O)C1O)C(O)/C=C/CCCCCCCCCCCCCCCCC. The van der Waals surface area contributed by atoms with E-state index in [9.17, 15) is 30.3 Å². The van der Waals surface area contributed by atoms with Crippen LogP contribution in [0.25, 0.3) is 0 Å². The Hall–Kier alpha value is -1.33. The second kappa shape index (κ2) is 46.4. The van der Waals surface area contributed by atoms with E-state index in [1.54, 1.807) is 6.08 Å². The zero-order valence-corrected chi connectivity index (χ0v) is 42.5. The molecule has 9 nitrogen and oxygen atoms in total. The highest BCUT2D eigenvalue weighted by atomic mass is 16.7. The van der Waals surface area contributed by atoms with E-state index in [1.165, 1.54) is 212 Å². The molecule has 1 aliphatic heterocycles. The van der Waals surface area contributed by atoms with E-state index in [1.807, 2.05) is 6.08 Å². The number of carbonyl (C=O) groups is 1. The molecule has 0 aromatic rings. The van der Waals surface area contributed by atoms with Crippen molar-refractivity contribution in [3.8, 4) is 0 Å². The van der Waals surface area contributed by atoms with Crippen molar-refractivity contribution in [1.29, 1.82) is 0 Å². The Kier molecular flexibility index (Phi) is 44.0. The second-order valence-electron chi connectivity index (χ2n) is 19.7. The summed E-state index contributed by atoms with van der Waals surface area (Å²) >= 11 is 0. The van der Waals surface area contributed by atoms with Gasteiger partial charge in [0, 0.05) is 6.42 Å². The van der Waals surface area contributed by atoms with Gasteiger partial charge in [0.1, 0.15) is 24.4 Å². The lowest BCUT2D eigenvalue weighted by Gasteiger charge is -2.40. The van der Waals surface area contributed by atoms with Crippen LogP contribution in [0, 0.1) is 0 Å². The predicted octanol–water partition coefficient (Wildman–Crippen LogP) is 13.4. The van der Waals surface area contributed by atoms with Gasteiger partial charge in [0.25, 0.3) is 0 Å². The molecule has 384 valence electrons. The number of aliphatic hydroxyl groups excluding tert-OH is 5. The molecule has 65 heavy (non-hydrogen) atoms. The Morgan fingerprint density at radius 2 is 0.862 bits per heavy atom. The monoisotopic (exact) mass is 922 g/mol. The number of aliphatic hydroxyl groups is 5. The number of nitrogens with one attached hydrogen (secondary N) is 1. The largest absolute Gasteiger partial charge is 0.394 e. The van der Waals surface area contributed by atoms with E-state index >= 15 is 0 Å². The Balaban J connectivity index is 2.22. The van der Waals surface area contributed by atoms with Crippen LogP contribution in [-0.4, -0.2) is 87.5 Å². The summed E-state index contributed by atoms with van der Waals surface area (Å²) in [5, 5.41) is 54.4. The first-order valence-corrected chi connectivity index (χ1v) is 28.1. The Morgan fingerprint density at radius 1 is 0.508 bits per heavy atom. The van der Waals surface area contributed by atoms with Crippen molar-refractivity contribution in [2.75, 3.05) is 13.2 Å². The third-order valence-electron chi connectivity index (χ3n) is 13.5. The predicted molar refractivity (Wildman–Crippen MR) is 272 cm³/mol. The summed E-state index contributed by atoms with van der Waals surface area (Å²) < 4.78 is 11.3. The average Bonchev–Trinajstić information content (AvgIpc) is 3.31. The van der Waals surface area contributed by atoms with Crippen molar-refractivity contribution < 1.29 is 39.8 Å². The maximum atomic E-state index is 13.0. The molecule has 1 heterocycles. The Morgan fingerprint density at radius 3 is 1.25 bits per heavy atom. The highest BCUT2D eigenvalue weighted by Gasteiger charge is 2.44. The molecule has 0 aromatic heterocycles. The highest BCUT2D eigenvalue weighted by molar-refractivity contribution is 5.76. The minimum Gasteiger partial charge on any atom is -0.394 e. The summed E-state index contributed by atoms with van der Waals surface area (Å²) in [6, 6.07) is -0.802. The molecule has 0 spiro atoms. The van der Waals surface area contributed by atoms with Gasteiger partial charge in [-0.05, 0) is 44.9 Å². The van der Waals surface area contributed by atoms with Crippen molar-refractivity contribution >= 4 is 5.91 Å². The summed E-state index contributed by atoms with van der Waals surface area (Å²) in [4.78, 5) is 13.0. The van der Waals surface area contributed by atoms with Gasteiger partial charge in [0.2, 0.25) is 5.91 Å². The van der Waals surface area contributed by atoms with Crippen molar-refractivity contribution in [3.05, 3.63) is 24.3 Å². The molecular weight excluding hydrogens is 815 g/mol. The van der Waals surface area contributed by atoms with Gasteiger partial charge < -0.3 is 40.3 Å². The third-order valence-corrected chi connectivity index (χ3v) is 13.5. The molecule has 0 bridgehead atoms. The summed E-state index contributed by atoms with van der Waals surface area (Å²) in [5.41, 5.74) is 0. The van der Waals surface area contributed by atoms with Crippen LogP contribution in [0.5, 0.6) is 0 Å². The van der Waals surface area contributed by atoms with E-state index in [0.29, 0.717) is 6.42 Å². The lowest BCUT2D eigenvalue weighted by atomic mass is 9.99. The number of ether oxygens (including phenoxy) is 2. The molecule has 9 heteroatoms. The number of carbonyl (C=O) groups excluding carboxylic acids is 1. The van der Waals surface area contributed by atoms with E-state index in [2.05, 4.69) is 31.3 Å². The van der Waals surface area contributed by atoms with Crippen LogP contribution in [0.1, 0.15) is 271 Å². The van der Waals surface area contributed by atoms with Gasteiger partial charge in [-0.15, -0.1) is 0 Å². The zero-order chi connectivity index (χ0) is 47.3. The molecule has 1 aliphatic rings. The molecule has 6 N–H and O–H groups in total. The van der Waals surface area contributed by atoms with E-state index in [-0.39, 0.29) is 12.5 Å². The molecule has 0 radical (unpaired) electrons. The molecular formula is C56H107NO8. The first kappa shape index (κ1) is 61.7. The topological polar surface area (TPSA) is 149 Å². The number of unbranched alkanes of at least 4 members (excludes halogenated alkanes) is 36. The van der Waals surface area contributed by atoms with Crippen molar-refractivity contribution in [2.24, 2.45) is 0 Å². The van der Waals surface area contributed by atoms with Gasteiger partial charge in [-0.3, -0.25) is 4.79 Å². The number of hydrogen-bond donors (Lipinski definition) is 6. The number of amides is 1. The molecule has 0 aliphatic carbocycles. The second-order valence-corrected chi connectivity index (χ2v) is 19.7. The van der Waals surface area contributed by atoms with Crippen LogP contribution >= 0.6 is 0 Å². The third kappa shape index (κ3) is 36.3. The van der Waals surface area contributed by atoms with Gasteiger partial charge in [-0.1, -0.05) is 244 Å². The van der Waals surface area contributed by atoms with E-state index in [4.69, 9.17) is 9.47 Å². The maximum absolute atomic E-state index is 13.0. The first-order chi connectivity index (χ1) is 31.8. The summed E-state index contributed by atoms with van der Waals surface area (Å²) in [6.07, 6.45) is 50.9. The van der Waals surface area contributed by atoms with Crippen molar-refractivity contribution in [1.82, 2.24) is 5.32 Å². The summed E-state index contributed by atoms with van der Waals surface area (Å²) in [6.45, 7) is 3.80. The van der Waals surface area contributed by atoms with Gasteiger partial charge in [0.15, 0.2) is 6.29 Å². The molecule has 7 atom stereocenters. The van der Waals surface area contributed by atoms with Crippen LogP contribution < -0.4 is 5.32 Å². The van der Waals surface area contributed by atoms with Crippen LogP contribution in [0.2, 0.25) is 0 Å². The molecule has 1 saturated heterocycles. The van der Waals surface area contributed by atoms with Gasteiger partial charge in [-0.25, -0.2) is 0 Å². The van der Waals surface area contributed by atoms with E-state index < -0.39 is 49.5 Å². The standard InChI is InChI=1S/C56H107NO8/c1-3-5-7-9-11-13-15-17-19-21-22-23-24-25-26-27-28-30-32-34-36-38-40-42-44-46-52(60)57-49(48-64-56-55(63)54(62)53(61)51(47-58)65-56)50(59)45-43-41-39-37-35-33-31-29-20-18-16-14-12-10-8-6-4-2/h21-22,43,45,49-51,53-56,58-59,61-63H,3-20,23-42,44,46-48H2,1-2H3,(H,57,60)/b22-21-,45-43+. The first-order valence-electron chi connectivity index (χ1n) is 28.1. The van der Waals surface area contributed by atoms with Crippen LogP contribution in [-0.2, 0) is 14.3 Å². The molecule has 1 rings (SSSR count). The molecule has 1 fully saturated rings. The van der Waals surface area contributed by atoms with Crippen LogP contribution in [0.15, 0.2) is 24.3 Å². The maximum Gasteiger partial charge on any atom is 0.220 e. The van der Waals surface area contributed by atoms with Crippen molar-refractivity contribution in [3.63, 3.8) is 0 Å². The number of allylic oxidation sites excluding steroid dienone is 3. The van der Waals surface area contributed by atoms with Gasteiger partial charge in [0.05, 0.1) is 25.4 Å². The van der Waals surface area contributed by atoms with E-state index in [0.717, 1.165) is 38.5 Å². The highest BCUT2D eigenvalue weighted by Crippen LogP contribution is 2.23. The molecule has 7 unspecified atom stereocenters. The number of rotatable bonds is 48. The molecule has 0 saturated carbocycles. The average molecular weight is 922 g/mol. The molecule has 0 aromatic carbocycles. The quantitative estimate of drug-likeness (QED) is 0.0261. The summed E-state index contributed by atoms with van der Waals surface area (Å²) in [7, 11) is 0. The smallest absolute Gasteiger partial charge is 0.220 e. The van der Waals surface area contributed by atoms with Crippen molar-refractivity contribution in [2.45, 2.75) is 314 Å². The van der Waals surface area contributed by atoms with Crippen LogP contribution in [0.4, 0.5) is 0 Å². The van der Waals surface area contributed by atoms with Gasteiger partial charge in [-0.2, -0.15) is 0 Å². The fraction of sp³-hybridized carbons (Fsp3) is 0.911. The fourth-order valence-electron chi connectivity index (χ4n) is 9.04.